The van der Waals surface area contributed by atoms with E-state index in [0.717, 1.165) is 45.6 Å². The Morgan fingerprint density at radius 3 is 2.25 bits per heavy atom. The van der Waals surface area contributed by atoms with Crippen LogP contribution in [-0.2, 0) is 9.47 Å². The molecule has 0 radical (unpaired) electrons. The number of benzene rings is 1. The largest absolute Gasteiger partial charge is 0.381 e. The number of carbonyl (C=O) groups is 2. The number of nitrogens with zero attached hydrogens (tertiary/aromatic N) is 3. The number of methoxy groups -OCH3 is 1. The molecule has 1 aromatic carbocycles. The van der Waals surface area contributed by atoms with Gasteiger partial charge in [-0.1, -0.05) is 12.1 Å². The Balaban J connectivity index is 1.28. The summed E-state index contributed by atoms with van der Waals surface area (Å²) in [4.78, 5) is 30.6. The van der Waals surface area contributed by atoms with E-state index in [0.29, 0.717) is 36.9 Å². The monoisotopic (exact) mass is 389 g/mol. The highest BCUT2D eigenvalue weighted by molar-refractivity contribution is 6.21. The van der Waals surface area contributed by atoms with Crippen LogP contribution in [0, 0.1) is 0 Å². The number of imide groups is 1. The van der Waals surface area contributed by atoms with Crippen molar-refractivity contribution in [3.63, 3.8) is 0 Å². The number of fused-ring (bicyclic) bond motifs is 1. The van der Waals surface area contributed by atoms with E-state index in [4.69, 9.17) is 9.47 Å². The van der Waals surface area contributed by atoms with E-state index in [1.165, 1.54) is 4.90 Å². The van der Waals surface area contributed by atoms with Gasteiger partial charge in [-0.05, 0) is 32.0 Å². The Labute approximate surface area is 167 Å². The molecule has 1 saturated heterocycles. The minimum absolute atomic E-state index is 0.192. The second-order valence-corrected chi connectivity index (χ2v) is 7.50. The van der Waals surface area contributed by atoms with E-state index in [2.05, 4.69) is 9.80 Å². The molecule has 28 heavy (non-hydrogen) atoms. The van der Waals surface area contributed by atoms with Crippen LogP contribution in [0.25, 0.3) is 0 Å². The predicted octanol–water partition coefficient (Wildman–Crippen LogP) is 1.34. The van der Waals surface area contributed by atoms with Gasteiger partial charge in [-0.3, -0.25) is 14.5 Å². The number of likely N-dealkylation sites (tertiary alicyclic amines) is 1. The van der Waals surface area contributed by atoms with Crippen LogP contribution in [0.1, 0.15) is 33.6 Å². The van der Waals surface area contributed by atoms with E-state index in [1.54, 1.807) is 31.4 Å². The van der Waals surface area contributed by atoms with Crippen LogP contribution < -0.4 is 0 Å². The maximum absolute atomic E-state index is 12.4. The first-order valence-corrected chi connectivity index (χ1v) is 10.1. The predicted molar refractivity (Wildman–Crippen MR) is 107 cm³/mol. The summed E-state index contributed by atoms with van der Waals surface area (Å²) in [6.45, 7) is 6.28. The maximum Gasteiger partial charge on any atom is 0.261 e. The summed E-state index contributed by atoms with van der Waals surface area (Å²) in [5.41, 5.74) is 1.01. The number of piperidine rings is 1. The van der Waals surface area contributed by atoms with Crippen LogP contribution in [0.4, 0.5) is 0 Å². The van der Waals surface area contributed by atoms with Crippen molar-refractivity contribution >= 4 is 11.8 Å². The molecule has 154 valence electrons. The van der Waals surface area contributed by atoms with E-state index in [9.17, 15) is 9.59 Å². The normalized spacial score (nSPS) is 18.3. The summed E-state index contributed by atoms with van der Waals surface area (Å²) in [6.07, 6.45) is 2.60. The van der Waals surface area contributed by atoms with Crippen molar-refractivity contribution in [3.05, 3.63) is 35.4 Å². The van der Waals surface area contributed by atoms with Crippen LogP contribution in [0.3, 0.4) is 0 Å². The number of carbonyl (C=O) groups excluding carboxylic acids is 2. The molecular weight excluding hydrogens is 358 g/mol. The first-order chi connectivity index (χ1) is 13.6. The molecule has 0 unspecified atom stereocenters. The third-order valence-corrected chi connectivity index (χ3v) is 5.62. The third kappa shape index (κ3) is 5.17. The van der Waals surface area contributed by atoms with Gasteiger partial charge >= 0.3 is 0 Å². The quantitative estimate of drug-likeness (QED) is 0.445. The molecule has 2 amide bonds. The second-order valence-electron chi connectivity index (χ2n) is 7.50. The maximum atomic E-state index is 12.4. The molecule has 0 aliphatic carbocycles. The Morgan fingerprint density at radius 2 is 1.64 bits per heavy atom. The van der Waals surface area contributed by atoms with Gasteiger partial charge in [-0.2, -0.15) is 0 Å². The smallest absolute Gasteiger partial charge is 0.261 e. The van der Waals surface area contributed by atoms with Crippen molar-refractivity contribution in [2.75, 3.05) is 66.6 Å². The number of ether oxygens (including phenoxy) is 2. The van der Waals surface area contributed by atoms with Crippen LogP contribution >= 0.6 is 0 Å². The molecule has 2 aliphatic heterocycles. The first kappa shape index (κ1) is 20.9. The van der Waals surface area contributed by atoms with Crippen molar-refractivity contribution < 1.29 is 19.1 Å². The van der Waals surface area contributed by atoms with Gasteiger partial charge in [-0.25, -0.2) is 0 Å². The lowest BCUT2D eigenvalue weighted by molar-refractivity contribution is 0.0267. The zero-order valence-corrected chi connectivity index (χ0v) is 16.9. The van der Waals surface area contributed by atoms with Gasteiger partial charge in [0.15, 0.2) is 0 Å². The average molecular weight is 389 g/mol. The van der Waals surface area contributed by atoms with Crippen molar-refractivity contribution in [3.8, 4) is 0 Å². The van der Waals surface area contributed by atoms with Gasteiger partial charge < -0.3 is 19.3 Å². The fourth-order valence-electron chi connectivity index (χ4n) is 3.71. The van der Waals surface area contributed by atoms with Gasteiger partial charge in [0, 0.05) is 46.4 Å². The van der Waals surface area contributed by atoms with E-state index in [-0.39, 0.29) is 11.8 Å². The van der Waals surface area contributed by atoms with Crippen LogP contribution in [0.15, 0.2) is 24.3 Å². The summed E-state index contributed by atoms with van der Waals surface area (Å²) >= 11 is 0. The molecule has 0 aromatic heterocycles. The number of likely N-dealkylation sites (N-methyl/N-ethyl adjacent to an activating group) is 1. The molecule has 0 saturated carbocycles. The minimum atomic E-state index is -0.192. The summed E-state index contributed by atoms with van der Waals surface area (Å²) in [5.74, 6) is -0.384. The molecule has 0 spiro atoms. The van der Waals surface area contributed by atoms with E-state index in [1.807, 2.05) is 7.05 Å². The minimum Gasteiger partial charge on any atom is -0.381 e. The molecule has 7 heteroatoms. The third-order valence-electron chi connectivity index (χ3n) is 5.62. The molecule has 2 heterocycles. The molecule has 0 N–H and O–H groups in total. The van der Waals surface area contributed by atoms with Gasteiger partial charge in [0.2, 0.25) is 0 Å². The van der Waals surface area contributed by atoms with Gasteiger partial charge in [-0.15, -0.1) is 0 Å². The lowest BCUT2D eigenvalue weighted by atomic mass is 10.1. The van der Waals surface area contributed by atoms with Gasteiger partial charge in [0.25, 0.3) is 11.8 Å². The summed E-state index contributed by atoms with van der Waals surface area (Å²) < 4.78 is 11.2. The van der Waals surface area contributed by atoms with Crippen molar-refractivity contribution in [2.45, 2.75) is 18.9 Å². The lowest BCUT2D eigenvalue weighted by Gasteiger charge is -2.31. The second kappa shape index (κ2) is 10.1. The fraction of sp³-hybridized carbons (Fsp3) is 0.619. The van der Waals surface area contributed by atoms with Crippen molar-refractivity contribution in [2.24, 2.45) is 0 Å². The SMILES string of the molecule is COC1CCN(CCOCCN(C)CCN2C(=O)c3ccccc3C2=O)CC1. The van der Waals surface area contributed by atoms with E-state index < -0.39 is 0 Å². The highest BCUT2D eigenvalue weighted by atomic mass is 16.5. The zero-order valence-electron chi connectivity index (χ0n) is 16.9. The highest BCUT2D eigenvalue weighted by Crippen LogP contribution is 2.21. The van der Waals surface area contributed by atoms with E-state index >= 15 is 0 Å². The molecule has 0 bridgehead atoms. The number of hydrogen-bond acceptors (Lipinski definition) is 6. The van der Waals surface area contributed by atoms with Crippen molar-refractivity contribution in [1.29, 1.82) is 0 Å². The Kier molecular flexibility index (Phi) is 7.56. The molecule has 1 aromatic rings. The number of amides is 2. The average Bonchev–Trinajstić information content (AvgIpc) is 2.97. The molecular formula is C21H31N3O4. The molecule has 2 aliphatic rings. The molecule has 1 fully saturated rings. The number of hydrogen-bond donors (Lipinski definition) is 0. The topological polar surface area (TPSA) is 62.3 Å². The first-order valence-electron chi connectivity index (χ1n) is 10.1. The molecule has 0 atom stereocenters. The standard InChI is InChI=1S/C21H31N3O4/c1-22(13-15-28-16-14-23-9-7-17(27-2)8-10-23)11-12-24-20(25)18-5-3-4-6-19(18)21(24)26/h3-6,17H,7-16H2,1-2H3. The highest BCUT2D eigenvalue weighted by Gasteiger charge is 2.34. The Morgan fingerprint density at radius 1 is 1.00 bits per heavy atom. The van der Waals surface area contributed by atoms with Crippen molar-refractivity contribution in [1.82, 2.24) is 14.7 Å². The molecule has 7 nitrogen and oxygen atoms in total. The summed E-state index contributed by atoms with van der Waals surface area (Å²) in [5, 5.41) is 0. The van der Waals surface area contributed by atoms with Crippen LogP contribution in [0.5, 0.6) is 0 Å². The fourth-order valence-corrected chi connectivity index (χ4v) is 3.71. The zero-order chi connectivity index (χ0) is 19.9. The molecule has 3 rings (SSSR count). The lowest BCUT2D eigenvalue weighted by Crippen LogP contribution is -2.39. The van der Waals surface area contributed by atoms with Crippen LogP contribution in [-0.4, -0.2) is 99.3 Å². The van der Waals surface area contributed by atoms with Gasteiger partial charge in [0.1, 0.15) is 0 Å². The summed E-state index contributed by atoms with van der Waals surface area (Å²) in [6, 6.07) is 7.00. The summed E-state index contributed by atoms with van der Waals surface area (Å²) in [7, 11) is 3.77. The Bertz CT molecular complexity index is 638. The number of rotatable bonds is 10. The van der Waals surface area contributed by atoms with Crippen LogP contribution in [0.2, 0.25) is 0 Å². The Hall–Kier alpha value is -1.80. The van der Waals surface area contributed by atoms with Gasteiger partial charge in [0.05, 0.1) is 30.4 Å².